The van der Waals surface area contributed by atoms with Gasteiger partial charge in [-0.2, -0.15) is 13.2 Å². The minimum absolute atomic E-state index is 0.0367. The monoisotopic (exact) mass is 377 g/mol. The fourth-order valence-corrected chi connectivity index (χ4v) is 3.85. The number of ether oxygens (including phenoxy) is 1. The lowest BCUT2D eigenvalue weighted by molar-refractivity contribution is -0.137. The Kier molecular flexibility index (Phi) is 4.78. The van der Waals surface area contributed by atoms with E-state index >= 15 is 0 Å². The van der Waals surface area contributed by atoms with E-state index in [1.807, 2.05) is 24.3 Å². The first-order valence-electron chi connectivity index (χ1n) is 8.86. The van der Waals surface area contributed by atoms with E-state index in [1.165, 1.54) is 11.6 Å². The molecule has 0 amide bonds. The van der Waals surface area contributed by atoms with Crippen LogP contribution in [0.2, 0.25) is 0 Å². The number of benzene rings is 2. The Hall–Kier alpha value is -2.18. The average molecular weight is 377 g/mol. The fraction of sp³-hybridized carbons (Fsp3) is 0.333. The molecule has 0 aromatic heterocycles. The van der Waals surface area contributed by atoms with Gasteiger partial charge in [-0.3, -0.25) is 4.90 Å². The van der Waals surface area contributed by atoms with Crippen LogP contribution in [0.5, 0.6) is 0 Å². The van der Waals surface area contributed by atoms with E-state index in [0.29, 0.717) is 31.3 Å². The molecule has 2 unspecified atom stereocenters. The summed E-state index contributed by atoms with van der Waals surface area (Å²) < 4.78 is 58.6. The van der Waals surface area contributed by atoms with Crippen LogP contribution in [0, 0.1) is 5.82 Å². The maximum Gasteiger partial charge on any atom is 0.416 e. The van der Waals surface area contributed by atoms with Crippen LogP contribution >= 0.6 is 0 Å². The minimum atomic E-state index is -4.57. The normalized spacial score (nSPS) is 23.2. The molecule has 4 rings (SSSR count). The third-order valence-electron chi connectivity index (χ3n) is 5.15. The van der Waals surface area contributed by atoms with Crippen molar-refractivity contribution in [1.82, 2.24) is 4.90 Å². The van der Waals surface area contributed by atoms with Crippen LogP contribution in [0.4, 0.5) is 17.6 Å². The van der Waals surface area contributed by atoms with Gasteiger partial charge in [0.15, 0.2) is 0 Å². The van der Waals surface area contributed by atoms with Crippen LogP contribution in [0.1, 0.15) is 23.1 Å². The molecule has 2 bridgehead atoms. The Morgan fingerprint density at radius 1 is 1.04 bits per heavy atom. The molecule has 142 valence electrons. The van der Waals surface area contributed by atoms with Gasteiger partial charge in [-0.05, 0) is 41.3 Å². The third-order valence-corrected chi connectivity index (χ3v) is 5.15. The summed E-state index contributed by atoms with van der Waals surface area (Å²) in [6.45, 7) is 1.75. The predicted octanol–water partition coefficient (Wildman–Crippen LogP) is 4.90. The molecule has 2 aromatic rings. The van der Waals surface area contributed by atoms with Crippen LogP contribution in [0.3, 0.4) is 0 Å². The first-order valence-corrected chi connectivity index (χ1v) is 8.86. The molecule has 2 nitrogen and oxygen atoms in total. The summed E-state index contributed by atoms with van der Waals surface area (Å²) in [5.41, 5.74) is 1.28. The van der Waals surface area contributed by atoms with Crippen molar-refractivity contribution >= 4 is 5.57 Å². The molecule has 0 N–H and O–H groups in total. The van der Waals surface area contributed by atoms with Gasteiger partial charge in [0, 0.05) is 12.6 Å². The van der Waals surface area contributed by atoms with Crippen LogP contribution < -0.4 is 0 Å². The molecule has 2 aliphatic rings. The van der Waals surface area contributed by atoms with Gasteiger partial charge < -0.3 is 4.74 Å². The number of hydrogen-bond acceptors (Lipinski definition) is 2. The van der Waals surface area contributed by atoms with Gasteiger partial charge in [-0.1, -0.05) is 36.4 Å². The second-order valence-corrected chi connectivity index (χ2v) is 7.04. The van der Waals surface area contributed by atoms with Crippen LogP contribution in [0.25, 0.3) is 5.57 Å². The van der Waals surface area contributed by atoms with Crippen molar-refractivity contribution < 1.29 is 22.3 Å². The molecule has 2 atom stereocenters. The summed E-state index contributed by atoms with van der Waals surface area (Å²) in [5.74, 6) is -0.867. The van der Waals surface area contributed by atoms with Crippen molar-refractivity contribution in [2.45, 2.75) is 31.2 Å². The first-order chi connectivity index (χ1) is 12.9. The third kappa shape index (κ3) is 3.92. The Balaban J connectivity index is 1.64. The quantitative estimate of drug-likeness (QED) is 0.706. The molecule has 2 aromatic carbocycles. The van der Waals surface area contributed by atoms with E-state index < -0.39 is 17.6 Å². The van der Waals surface area contributed by atoms with Gasteiger partial charge in [0.1, 0.15) is 5.82 Å². The van der Waals surface area contributed by atoms with Gasteiger partial charge in [-0.25, -0.2) is 4.39 Å². The van der Waals surface area contributed by atoms with Crippen molar-refractivity contribution in [1.29, 1.82) is 0 Å². The largest absolute Gasteiger partial charge is 0.416 e. The SMILES string of the molecule is Fc1cc(C2=CC3COCC(C2)N3Cc2ccccc2)cc(C(F)(F)F)c1. The Bertz CT molecular complexity index is 847. The first kappa shape index (κ1) is 18.2. The summed E-state index contributed by atoms with van der Waals surface area (Å²) in [4.78, 5) is 2.31. The van der Waals surface area contributed by atoms with Gasteiger partial charge in [0.25, 0.3) is 0 Å². The molecule has 0 radical (unpaired) electrons. The van der Waals surface area contributed by atoms with Crippen molar-refractivity contribution in [2.75, 3.05) is 13.2 Å². The molecule has 0 aliphatic carbocycles. The van der Waals surface area contributed by atoms with E-state index in [2.05, 4.69) is 17.0 Å². The lowest BCUT2D eigenvalue weighted by Crippen LogP contribution is -2.53. The van der Waals surface area contributed by atoms with Gasteiger partial charge in [0.05, 0.1) is 24.8 Å². The average Bonchev–Trinajstić information content (AvgIpc) is 2.61. The number of hydrogen-bond donors (Lipinski definition) is 0. The highest BCUT2D eigenvalue weighted by Gasteiger charge is 2.36. The van der Waals surface area contributed by atoms with Crippen molar-refractivity contribution in [3.63, 3.8) is 0 Å². The highest BCUT2D eigenvalue weighted by molar-refractivity contribution is 5.68. The number of halogens is 4. The molecule has 0 spiro atoms. The number of morpholine rings is 1. The van der Waals surface area contributed by atoms with Gasteiger partial charge >= 0.3 is 6.18 Å². The molecule has 1 fully saturated rings. The van der Waals surface area contributed by atoms with E-state index in [4.69, 9.17) is 4.74 Å². The molecular formula is C21H19F4NO. The lowest BCUT2D eigenvalue weighted by atomic mass is 9.88. The summed E-state index contributed by atoms with van der Waals surface area (Å²) in [7, 11) is 0. The Labute approximate surface area is 155 Å². The summed E-state index contributed by atoms with van der Waals surface area (Å²) >= 11 is 0. The zero-order valence-electron chi connectivity index (χ0n) is 14.5. The maximum atomic E-state index is 13.8. The van der Waals surface area contributed by atoms with Crippen molar-refractivity contribution in [3.05, 3.63) is 77.1 Å². The highest BCUT2D eigenvalue weighted by Crippen LogP contribution is 2.37. The zero-order chi connectivity index (χ0) is 19.0. The number of rotatable bonds is 3. The molecule has 2 aliphatic heterocycles. The second-order valence-electron chi connectivity index (χ2n) is 7.04. The standard InChI is InChI=1S/C21H19F4NO/c22-18-7-15(6-17(10-18)21(23,24)25)16-8-19-12-27-13-20(9-16)26(19)11-14-4-2-1-3-5-14/h1-8,10,19-20H,9,11-13H2. The molecule has 6 heteroatoms. The summed E-state index contributed by atoms with van der Waals surface area (Å²) in [6.07, 6.45) is -2.11. The topological polar surface area (TPSA) is 12.5 Å². The maximum absolute atomic E-state index is 13.8. The van der Waals surface area contributed by atoms with Crippen LogP contribution in [-0.2, 0) is 17.5 Å². The Morgan fingerprint density at radius 2 is 1.81 bits per heavy atom. The van der Waals surface area contributed by atoms with Crippen molar-refractivity contribution in [3.8, 4) is 0 Å². The van der Waals surface area contributed by atoms with E-state index in [0.717, 1.165) is 18.2 Å². The smallest absolute Gasteiger partial charge is 0.378 e. The van der Waals surface area contributed by atoms with Crippen molar-refractivity contribution in [2.24, 2.45) is 0 Å². The molecule has 0 saturated carbocycles. The van der Waals surface area contributed by atoms with Crippen LogP contribution in [-0.4, -0.2) is 30.2 Å². The van der Waals surface area contributed by atoms with Crippen LogP contribution in [0.15, 0.2) is 54.6 Å². The highest BCUT2D eigenvalue weighted by atomic mass is 19.4. The number of fused-ring (bicyclic) bond motifs is 2. The lowest BCUT2D eigenvalue weighted by Gasteiger charge is -2.45. The number of nitrogens with zero attached hydrogens (tertiary/aromatic N) is 1. The number of alkyl halides is 3. The van der Waals surface area contributed by atoms with E-state index in [-0.39, 0.29) is 12.1 Å². The Morgan fingerprint density at radius 3 is 2.52 bits per heavy atom. The van der Waals surface area contributed by atoms with E-state index in [9.17, 15) is 17.6 Å². The predicted molar refractivity (Wildman–Crippen MR) is 94.4 cm³/mol. The van der Waals surface area contributed by atoms with Gasteiger partial charge in [0.2, 0.25) is 0 Å². The summed E-state index contributed by atoms with van der Waals surface area (Å²) in [6, 6.07) is 12.8. The molecule has 1 saturated heterocycles. The van der Waals surface area contributed by atoms with E-state index in [1.54, 1.807) is 0 Å². The van der Waals surface area contributed by atoms with Gasteiger partial charge in [-0.15, -0.1) is 0 Å². The minimum Gasteiger partial charge on any atom is -0.378 e. The second kappa shape index (κ2) is 7.09. The summed E-state index contributed by atoms with van der Waals surface area (Å²) in [5, 5.41) is 0. The zero-order valence-corrected chi connectivity index (χ0v) is 14.5. The molecule has 27 heavy (non-hydrogen) atoms. The molecule has 2 heterocycles. The molecular weight excluding hydrogens is 358 g/mol. The fourth-order valence-electron chi connectivity index (χ4n) is 3.85.